The number of fused-ring (bicyclic) bond motifs is 1. The zero-order valence-corrected chi connectivity index (χ0v) is 17.1. The van der Waals surface area contributed by atoms with Crippen LogP contribution in [-0.2, 0) is 9.53 Å². The van der Waals surface area contributed by atoms with Crippen LogP contribution in [0.3, 0.4) is 0 Å². The van der Waals surface area contributed by atoms with Crippen molar-refractivity contribution < 1.29 is 13.9 Å². The van der Waals surface area contributed by atoms with Crippen LogP contribution < -0.4 is 11.2 Å². The molecule has 0 saturated heterocycles. The molecular weight excluding hydrogens is 384 g/mol. The van der Waals surface area contributed by atoms with E-state index in [0.717, 1.165) is 25.7 Å². The molecule has 0 spiro atoms. The van der Waals surface area contributed by atoms with Crippen LogP contribution in [0, 0.1) is 12.8 Å². The molecule has 1 fully saturated rings. The second-order valence-electron chi connectivity index (χ2n) is 7.94. The first-order chi connectivity index (χ1) is 14.4. The maximum absolute atomic E-state index is 12.4. The molecule has 2 aromatic heterocycles. The molecule has 0 atom stereocenters. The third-order valence-corrected chi connectivity index (χ3v) is 5.96. The zero-order chi connectivity index (χ0) is 21.3. The van der Waals surface area contributed by atoms with Crippen LogP contribution in [0.2, 0.25) is 0 Å². The van der Waals surface area contributed by atoms with Gasteiger partial charge in [0.25, 0.3) is 5.56 Å². The maximum atomic E-state index is 12.4. The number of hydrogen-bond acceptors (Lipinski definition) is 6. The van der Waals surface area contributed by atoms with E-state index in [9.17, 15) is 14.4 Å². The summed E-state index contributed by atoms with van der Waals surface area (Å²) in [7, 11) is 1.43. The summed E-state index contributed by atoms with van der Waals surface area (Å²) in [5, 5.41) is 0.253. The van der Waals surface area contributed by atoms with E-state index in [4.69, 9.17) is 9.15 Å². The quantitative estimate of drug-likeness (QED) is 0.661. The third-order valence-electron chi connectivity index (χ3n) is 5.96. The van der Waals surface area contributed by atoms with Crippen molar-refractivity contribution in [2.24, 2.45) is 5.92 Å². The Balaban J connectivity index is 1.53. The molecule has 0 aliphatic heterocycles. The van der Waals surface area contributed by atoms with Crippen molar-refractivity contribution in [2.45, 2.75) is 44.9 Å². The molecule has 7 nitrogen and oxygen atoms in total. The van der Waals surface area contributed by atoms with E-state index in [1.807, 2.05) is 24.3 Å². The van der Waals surface area contributed by atoms with E-state index in [2.05, 4.69) is 9.97 Å². The summed E-state index contributed by atoms with van der Waals surface area (Å²) in [6.07, 6.45) is 4.56. The minimum atomic E-state index is -0.518. The third kappa shape index (κ3) is 4.06. The molecule has 1 saturated carbocycles. The number of H-pyrrole nitrogens is 1. The summed E-state index contributed by atoms with van der Waals surface area (Å²) in [6.45, 7) is 1.64. The lowest BCUT2D eigenvalue weighted by molar-refractivity contribution is -0.142. The topological polar surface area (TPSA) is 102 Å². The van der Waals surface area contributed by atoms with Crippen molar-refractivity contribution in [3.05, 3.63) is 62.5 Å². The number of hydrogen-bond donors (Lipinski definition) is 1. The number of esters is 1. The Hall–Kier alpha value is -3.22. The number of carbonyl (C=O) groups excluding carboxylic acids is 1. The highest BCUT2D eigenvalue weighted by atomic mass is 16.5. The highest BCUT2D eigenvalue weighted by molar-refractivity contribution is 5.78. The van der Waals surface area contributed by atoms with Crippen LogP contribution in [-0.4, -0.2) is 23.0 Å². The van der Waals surface area contributed by atoms with Gasteiger partial charge in [0.2, 0.25) is 5.71 Å². The van der Waals surface area contributed by atoms with E-state index in [0.29, 0.717) is 35.2 Å². The van der Waals surface area contributed by atoms with E-state index < -0.39 is 5.63 Å². The van der Waals surface area contributed by atoms with Crippen LogP contribution in [0.5, 0.6) is 0 Å². The second kappa shape index (κ2) is 8.26. The predicted molar refractivity (Wildman–Crippen MR) is 112 cm³/mol. The van der Waals surface area contributed by atoms with Crippen LogP contribution in [0.4, 0.5) is 0 Å². The van der Waals surface area contributed by atoms with E-state index >= 15 is 0 Å². The number of nitrogens with zero attached hydrogens (tertiary/aromatic N) is 1. The molecule has 4 rings (SSSR count). The fourth-order valence-corrected chi connectivity index (χ4v) is 4.28. The largest absolute Gasteiger partial charge is 0.469 e. The van der Waals surface area contributed by atoms with Gasteiger partial charge in [-0.1, -0.05) is 24.3 Å². The van der Waals surface area contributed by atoms with Crippen molar-refractivity contribution in [2.75, 3.05) is 7.11 Å². The van der Waals surface area contributed by atoms with Gasteiger partial charge in [-0.2, -0.15) is 4.98 Å². The fraction of sp³-hybridized carbons (Fsp3) is 0.391. The number of nitrogens with one attached hydrogen (secondary N) is 1. The van der Waals surface area contributed by atoms with Gasteiger partial charge in [-0.25, -0.2) is 4.79 Å². The normalized spacial score (nSPS) is 19.0. The number of carbonyl (C=O) groups is 1. The van der Waals surface area contributed by atoms with Gasteiger partial charge in [0, 0.05) is 6.42 Å². The van der Waals surface area contributed by atoms with E-state index in [1.54, 1.807) is 13.0 Å². The number of aryl methyl sites for hydroxylation is 1. The van der Waals surface area contributed by atoms with E-state index in [1.165, 1.54) is 12.7 Å². The standard InChI is InChI=1S/C23H24N2O5/c1-13-24-21(27)19-12-18(23(28)30-22(19)25-13)17-9-7-16(8-10-17)15-5-3-14(4-6-15)11-20(26)29-2/h7-10,12,14-15H,3-6,11H2,1-2H3,(H,24,25,27). The molecule has 2 heterocycles. The molecule has 0 bridgehead atoms. The lowest BCUT2D eigenvalue weighted by Crippen LogP contribution is -2.17. The summed E-state index contributed by atoms with van der Waals surface area (Å²) < 4.78 is 10.1. The van der Waals surface area contributed by atoms with Crippen LogP contribution in [0.15, 0.2) is 44.3 Å². The monoisotopic (exact) mass is 408 g/mol. The summed E-state index contributed by atoms with van der Waals surface area (Å²) in [5.74, 6) is 1.09. The fourth-order valence-electron chi connectivity index (χ4n) is 4.28. The molecule has 0 amide bonds. The van der Waals surface area contributed by atoms with Gasteiger partial charge in [0.05, 0.1) is 12.7 Å². The number of aromatic amines is 1. The number of rotatable bonds is 4. The SMILES string of the molecule is COC(=O)CC1CCC(c2ccc(-c3cc4c(=O)[nH]c(C)nc4oc3=O)cc2)CC1. The molecule has 0 unspecified atom stereocenters. The van der Waals surface area contributed by atoms with Crippen molar-refractivity contribution in [1.82, 2.24) is 9.97 Å². The predicted octanol–water partition coefficient (Wildman–Crippen LogP) is 3.69. The van der Waals surface area contributed by atoms with Crippen molar-refractivity contribution in [1.29, 1.82) is 0 Å². The minimum absolute atomic E-state index is 0.0466. The van der Waals surface area contributed by atoms with Gasteiger partial charge >= 0.3 is 11.6 Å². The average molecular weight is 408 g/mol. The summed E-state index contributed by atoms with van der Waals surface area (Å²) >= 11 is 0. The Bertz CT molecular complexity index is 1180. The number of benzene rings is 1. The molecule has 1 N–H and O–H groups in total. The first kappa shape index (κ1) is 20.1. The molecule has 156 valence electrons. The summed E-state index contributed by atoms with van der Waals surface area (Å²) in [5.41, 5.74) is 1.46. The van der Waals surface area contributed by atoms with Gasteiger partial charge in [0.1, 0.15) is 11.2 Å². The molecule has 7 heteroatoms. The minimum Gasteiger partial charge on any atom is -0.469 e. The van der Waals surface area contributed by atoms with Gasteiger partial charge < -0.3 is 14.1 Å². The molecule has 30 heavy (non-hydrogen) atoms. The Morgan fingerprint density at radius 2 is 1.87 bits per heavy atom. The van der Waals surface area contributed by atoms with Crippen LogP contribution in [0.1, 0.15) is 49.4 Å². The Morgan fingerprint density at radius 3 is 2.53 bits per heavy atom. The first-order valence-corrected chi connectivity index (χ1v) is 10.2. The van der Waals surface area contributed by atoms with Gasteiger partial charge in [0.15, 0.2) is 0 Å². The van der Waals surface area contributed by atoms with Gasteiger partial charge in [-0.05, 0) is 61.6 Å². The average Bonchev–Trinajstić information content (AvgIpc) is 2.74. The maximum Gasteiger partial charge on any atom is 0.345 e. The highest BCUT2D eigenvalue weighted by Gasteiger charge is 2.24. The van der Waals surface area contributed by atoms with E-state index in [-0.39, 0.29) is 22.6 Å². The van der Waals surface area contributed by atoms with Crippen molar-refractivity contribution in [3.63, 3.8) is 0 Å². The smallest absolute Gasteiger partial charge is 0.345 e. The number of aromatic nitrogens is 2. The van der Waals surface area contributed by atoms with Crippen LogP contribution in [0.25, 0.3) is 22.2 Å². The zero-order valence-electron chi connectivity index (χ0n) is 17.1. The molecule has 3 aromatic rings. The highest BCUT2D eigenvalue weighted by Crippen LogP contribution is 2.37. The first-order valence-electron chi connectivity index (χ1n) is 10.2. The Kier molecular flexibility index (Phi) is 5.53. The van der Waals surface area contributed by atoms with Crippen molar-refractivity contribution >= 4 is 17.1 Å². The number of ether oxygens (including phenoxy) is 1. The molecule has 1 aliphatic rings. The molecule has 1 aromatic carbocycles. The number of methoxy groups -OCH3 is 1. The lowest BCUT2D eigenvalue weighted by atomic mass is 9.77. The molecular formula is C23H24N2O5. The Labute approximate surface area is 173 Å². The molecule has 0 radical (unpaired) electrons. The van der Waals surface area contributed by atoms with Crippen LogP contribution >= 0.6 is 0 Å². The summed E-state index contributed by atoms with van der Waals surface area (Å²) in [6, 6.07) is 9.39. The van der Waals surface area contributed by atoms with Crippen molar-refractivity contribution in [3.8, 4) is 11.1 Å². The lowest BCUT2D eigenvalue weighted by Gasteiger charge is -2.28. The van der Waals surface area contributed by atoms with Gasteiger partial charge in [-0.15, -0.1) is 0 Å². The summed E-state index contributed by atoms with van der Waals surface area (Å²) in [4.78, 5) is 42.8. The van der Waals surface area contributed by atoms with Gasteiger partial charge in [-0.3, -0.25) is 9.59 Å². The molecule has 1 aliphatic carbocycles. The Morgan fingerprint density at radius 1 is 1.17 bits per heavy atom. The second-order valence-corrected chi connectivity index (χ2v) is 7.94.